The van der Waals surface area contributed by atoms with Crippen LogP contribution in [0, 0.1) is 5.82 Å². The van der Waals surface area contributed by atoms with Crippen LogP contribution in [-0.4, -0.2) is 51.7 Å². The van der Waals surface area contributed by atoms with Crippen LogP contribution in [0.15, 0.2) is 64.1 Å². The van der Waals surface area contributed by atoms with Crippen molar-refractivity contribution in [2.45, 2.75) is 26.4 Å². The van der Waals surface area contributed by atoms with E-state index in [0.717, 1.165) is 16.3 Å². The minimum Gasteiger partial charge on any atom is -0.475 e. The van der Waals surface area contributed by atoms with Gasteiger partial charge in [0.15, 0.2) is 5.57 Å². The predicted molar refractivity (Wildman–Crippen MR) is 106 cm³/mol. The number of hydrogen-bond acceptors (Lipinski definition) is 6. The molecule has 31 heavy (non-hydrogen) atoms. The molecule has 3 aliphatic rings. The van der Waals surface area contributed by atoms with Gasteiger partial charge in [-0.1, -0.05) is 12.1 Å². The van der Waals surface area contributed by atoms with E-state index in [-0.39, 0.29) is 18.0 Å². The Morgan fingerprint density at radius 2 is 2.00 bits per heavy atom. The number of aliphatic imine (C=N–C) groups is 1. The van der Waals surface area contributed by atoms with E-state index in [9.17, 15) is 23.9 Å². The molecule has 1 aromatic carbocycles. The van der Waals surface area contributed by atoms with Crippen LogP contribution < -0.4 is 0 Å². The van der Waals surface area contributed by atoms with Gasteiger partial charge in [0, 0.05) is 17.3 Å². The fourth-order valence-corrected chi connectivity index (χ4v) is 3.68. The Labute approximate surface area is 176 Å². The Balaban J connectivity index is 1.84. The van der Waals surface area contributed by atoms with E-state index in [4.69, 9.17) is 9.47 Å². The van der Waals surface area contributed by atoms with Crippen molar-refractivity contribution < 1.29 is 37.9 Å². The third-order valence-corrected chi connectivity index (χ3v) is 5.11. The summed E-state index contributed by atoms with van der Waals surface area (Å²) in [5.74, 6) is -3.70. The first-order valence-corrected chi connectivity index (χ1v) is 9.54. The van der Waals surface area contributed by atoms with Crippen molar-refractivity contribution in [1.29, 1.82) is 0 Å². The zero-order chi connectivity index (χ0) is 22.3. The molecule has 9 heteroatoms. The van der Waals surface area contributed by atoms with Gasteiger partial charge in [-0.05, 0) is 38.0 Å². The number of carboxylic acids is 1. The summed E-state index contributed by atoms with van der Waals surface area (Å²) in [6.07, 6.45) is 1.96. The molecule has 3 aliphatic heterocycles. The maximum atomic E-state index is 13.2. The Morgan fingerprint density at radius 3 is 2.65 bits per heavy atom. The molecule has 0 bridgehead atoms. The van der Waals surface area contributed by atoms with Crippen molar-refractivity contribution in [2.75, 3.05) is 6.61 Å². The van der Waals surface area contributed by atoms with Crippen molar-refractivity contribution >= 4 is 29.3 Å². The topological polar surface area (TPSA) is 105 Å². The van der Waals surface area contributed by atoms with E-state index in [0.29, 0.717) is 29.0 Å². The summed E-state index contributed by atoms with van der Waals surface area (Å²) in [7, 11) is 0. The van der Waals surface area contributed by atoms with Crippen LogP contribution >= 0.6 is 0 Å². The molecule has 0 spiro atoms. The summed E-state index contributed by atoms with van der Waals surface area (Å²) in [5, 5.41) is 9.49. The molecular weight excluding hydrogens is 407 g/mol. The van der Waals surface area contributed by atoms with Crippen LogP contribution in [0.1, 0.15) is 19.4 Å². The zero-order valence-electron chi connectivity index (χ0n) is 16.7. The van der Waals surface area contributed by atoms with Gasteiger partial charge in [-0.25, -0.2) is 23.8 Å². The first kappa shape index (κ1) is 20.4. The molecule has 158 valence electrons. The van der Waals surface area contributed by atoms with Crippen molar-refractivity contribution in [3.63, 3.8) is 0 Å². The van der Waals surface area contributed by atoms with Crippen molar-refractivity contribution in [3.05, 3.63) is 70.5 Å². The number of aliphatic carboxylic acids is 1. The van der Waals surface area contributed by atoms with Crippen LogP contribution in [0.4, 0.5) is 4.39 Å². The number of halogens is 1. The van der Waals surface area contributed by atoms with E-state index in [2.05, 4.69) is 4.99 Å². The molecule has 0 fully saturated rings. The second-order valence-electron chi connectivity index (χ2n) is 7.06. The molecule has 8 nitrogen and oxygen atoms in total. The molecule has 1 N–H and O–H groups in total. The smallest absolute Gasteiger partial charge is 0.433 e. The Bertz CT molecular complexity index is 1170. The van der Waals surface area contributed by atoms with Gasteiger partial charge in [0.2, 0.25) is 12.3 Å². The molecule has 1 aromatic rings. The molecule has 4 rings (SSSR count). The summed E-state index contributed by atoms with van der Waals surface area (Å²) in [5.41, 5.74) is 2.14. The third kappa shape index (κ3) is 3.48. The highest BCUT2D eigenvalue weighted by Gasteiger charge is 2.51. The lowest BCUT2D eigenvalue weighted by molar-refractivity contribution is -0.385. The third-order valence-electron chi connectivity index (χ3n) is 5.11. The minimum absolute atomic E-state index is 0.0790. The molecular formula is C22H18FN2O6+. The number of esters is 1. The number of nitrogens with zero attached hydrogens (tertiary/aromatic N) is 2. The van der Waals surface area contributed by atoms with Crippen LogP contribution in [0.3, 0.4) is 0 Å². The van der Waals surface area contributed by atoms with Gasteiger partial charge >= 0.3 is 17.8 Å². The van der Waals surface area contributed by atoms with Gasteiger partial charge in [0.05, 0.1) is 6.61 Å². The molecule has 0 saturated heterocycles. The molecule has 3 heterocycles. The molecule has 1 amide bonds. The zero-order valence-corrected chi connectivity index (χ0v) is 16.7. The van der Waals surface area contributed by atoms with Crippen molar-refractivity contribution in [3.8, 4) is 0 Å². The first-order valence-electron chi connectivity index (χ1n) is 9.54. The highest BCUT2D eigenvalue weighted by molar-refractivity contribution is 6.52. The van der Waals surface area contributed by atoms with E-state index >= 15 is 0 Å². The van der Waals surface area contributed by atoms with Gasteiger partial charge in [0.25, 0.3) is 11.5 Å². The standard InChI is InChI=1S/C22H17FN2O6/c1-3-30-22(29)16-11(2)17-18-19(31-15(21(27)28)10-25(18)20(16)26)13(9-24-17)8-12-4-6-14(23)7-5-12/h4-7,9-10,19H,3,8H2,1-2H3/p+1. The molecule has 0 saturated carbocycles. The quantitative estimate of drug-likeness (QED) is 0.439. The summed E-state index contributed by atoms with van der Waals surface area (Å²) in [6.45, 7) is 3.28. The van der Waals surface area contributed by atoms with Crippen LogP contribution in [-0.2, 0) is 30.3 Å². The molecule has 0 radical (unpaired) electrons. The predicted octanol–water partition coefficient (Wildman–Crippen LogP) is 1.90. The number of allylic oxidation sites excluding steroid dienone is 1. The molecule has 1 unspecified atom stereocenters. The lowest BCUT2D eigenvalue weighted by Crippen LogP contribution is -2.50. The maximum absolute atomic E-state index is 13.2. The SMILES string of the molecule is CCOC(=O)C1=C(C)C2=NC=C(Cc3ccc(F)cc3)C3OC(C(=O)O)=C[N+](=C23)C1=O. The number of carbonyl (C=O) groups excluding carboxylic acids is 2. The molecule has 1 atom stereocenters. The van der Waals surface area contributed by atoms with Gasteiger partial charge in [-0.3, -0.25) is 0 Å². The van der Waals surface area contributed by atoms with Crippen molar-refractivity contribution in [2.24, 2.45) is 4.99 Å². The van der Waals surface area contributed by atoms with Gasteiger partial charge in [0.1, 0.15) is 11.5 Å². The van der Waals surface area contributed by atoms with Gasteiger partial charge in [-0.15, -0.1) is 4.58 Å². The largest absolute Gasteiger partial charge is 0.475 e. The van der Waals surface area contributed by atoms with Crippen molar-refractivity contribution in [1.82, 2.24) is 0 Å². The average Bonchev–Trinajstić information content (AvgIpc) is 2.74. The van der Waals surface area contributed by atoms with Gasteiger partial charge in [-0.2, -0.15) is 0 Å². The lowest BCUT2D eigenvalue weighted by atomic mass is 9.87. The van der Waals surface area contributed by atoms with E-state index < -0.39 is 29.7 Å². The number of hydrogen-bond donors (Lipinski definition) is 1. The second-order valence-corrected chi connectivity index (χ2v) is 7.06. The summed E-state index contributed by atoms with van der Waals surface area (Å²) >= 11 is 0. The van der Waals surface area contributed by atoms with Crippen LogP contribution in [0.5, 0.6) is 0 Å². The Hall–Kier alpha value is -3.88. The Morgan fingerprint density at radius 1 is 1.29 bits per heavy atom. The van der Waals surface area contributed by atoms with E-state index in [1.165, 1.54) is 18.3 Å². The van der Waals surface area contributed by atoms with E-state index in [1.807, 2.05) is 0 Å². The number of ether oxygens (including phenoxy) is 2. The summed E-state index contributed by atoms with van der Waals surface area (Å²) in [6, 6.07) is 5.84. The number of rotatable bonds is 5. The fraction of sp³-hybridized carbons (Fsp3) is 0.227. The number of carboxylic acid groups (broad SMARTS) is 1. The summed E-state index contributed by atoms with van der Waals surface area (Å²) in [4.78, 5) is 41.6. The highest BCUT2D eigenvalue weighted by atomic mass is 19.1. The number of carbonyl (C=O) groups is 3. The second kappa shape index (κ2) is 7.75. The van der Waals surface area contributed by atoms with Gasteiger partial charge < -0.3 is 14.6 Å². The van der Waals surface area contributed by atoms with Crippen LogP contribution in [0.25, 0.3) is 0 Å². The number of benzene rings is 1. The fourth-order valence-electron chi connectivity index (χ4n) is 3.68. The molecule has 0 aromatic heterocycles. The average molecular weight is 425 g/mol. The Kier molecular flexibility index (Phi) is 5.10. The maximum Gasteiger partial charge on any atom is 0.433 e. The number of amides is 1. The first-order chi connectivity index (χ1) is 14.8. The monoisotopic (exact) mass is 425 g/mol. The van der Waals surface area contributed by atoms with E-state index in [1.54, 1.807) is 26.0 Å². The molecule has 0 aliphatic carbocycles. The lowest BCUT2D eigenvalue weighted by Gasteiger charge is -2.29. The normalized spacial score (nSPS) is 19.8. The highest BCUT2D eigenvalue weighted by Crippen LogP contribution is 2.31. The van der Waals surface area contributed by atoms with Crippen LogP contribution in [0.2, 0.25) is 0 Å². The summed E-state index contributed by atoms with van der Waals surface area (Å²) < 4.78 is 25.0. The minimum atomic E-state index is -1.36.